The summed E-state index contributed by atoms with van der Waals surface area (Å²) in [6.07, 6.45) is 9.91. The van der Waals surface area contributed by atoms with Gasteiger partial charge < -0.3 is 4.74 Å². The molecule has 0 saturated heterocycles. The van der Waals surface area contributed by atoms with Gasteiger partial charge in [0.25, 0.3) is 0 Å². The zero-order valence-electron chi connectivity index (χ0n) is 16.1. The fraction of sp³-hybridized carbons (Fsp3) is 0.636. The fourth-order valence-corrected chi connectivity index (χ4v) is 4.54. The van der Waals surface area contributed by atoms with Gasteiger partial charge in [0.15, 0.2) is 0 Å². The van der Waals surface area contributed by atoms with Crippen molar-refractivity contribution in [3.05, 3.63) is 35.5 Å². The van der Waals surface area contributed by atoms with Crippen molar-refractivity contribution in [1.82, 2.24) is 0 Å². The zero-order chi connectivity index (χ0) is 18.6. The van der Waals surface area contributed by atoms with E-state index in [1.54, 1.807) is 0 Å². The monoisotopic (exact) mass is 344 g/mol. The molecular weight excluding hydrogens is 312 g/mol. The highest BCUT2D eigenvalue weighted by Crippen LogP contribution is 2.47. The van der Waals surface area contributed by atoms with Crippen molar-refractivity contribution >= 4 is 12.3 Å². The van der Waals surface area contributed by atoms with Crippen molar-refractivity contribution in [1.29, 1.82) is 0 Å². The summed E-state index contributed by atoms with van der Waals surface area (Å²) >= 11 is 0. The van der Waals surface area contributed by atoms with Crippen LogP contribution in [0.3, 0.4) is 0 Å². The lowest BCUT2D eigenvalue weighted by Gasteiger charge is -2.40. The highest BCUT2D eigenvalue weighted by atomic mass is 16.5. The lowest BCUT2D eigenvalue weighted by molar-refractivity contribution is -0.153. The molecule has 0 amide bonds. The van der Waals surface area contributed by atoms with Crippen molar-refractivity contribution in [3.8, 4) is 0 Å². The summed E-state index contributed by atoms with van der Waals surface area (Å²) in [6, 6.07) is 0. The van der Waals surface area contributed by atoms with Gasteiger partial charge in [-0.3, -0.25) is 9.59 Å². The molecular formula is C22H32O3. The van der Waals surface area contributed by atoms with Gasteiger partial charge in [0, 0.05) is 18.8 Å². The molecule has 0 aromatic carbocycles. The first-order valence-corrected chi connectivity index (χ1v) is 9.48. The van der Waals surface area contributed by atoms with Gasteiger partial charge in [0.2, 0.25) is 0 Å². The average molecular weight is 344 g/mol. The molecule has 2 bridgehead atoms. The highest BCUT2D eigenvalue weighted by molar-refractivity contribution is 5.75. The Morgan fingerprint density at radius 1 is 1.40 bits per heavy atom. The van der Waals surface area contributed by atoms with Crippen LogP contribution >= 0.6 is 0 Å². The van der Waals surface area contributed by atoms with Gasteiger partial charge in [-0.2, -0.15) is 0 Å². The van der Waals surface area contributed by atoms with Crippen LogP contribution in [0.1, 0.15) is 59.8 Å². The molecule has 0 radical (unpaired) electrons. The zero-order valence-corrected chi connectivity index (χ0v) is 16.1. The molecule has 2 aliphatic carbocycles. The number of aldehydes is 1. The Balaban J connectivity index is 2.31. The summed E-state index contributed by atoms with van der Waals surface area (Å²) in [5.41, 5.74) is 3.32. The molecule has 0 heterocycles. The summed E-state index contributed by atoms with van der Waals surface area (Å²) in [7, 11) is 0. The molecule has 138 valence electrons. The van der Waals surface area contributed by atoms with E-state index in [1.807, 2.05) is 0 Å². The Kier molecular flexibility index (Phi) is 6.80. The van der Waals surface area contributed by atoms with E-state index >= 15 is 0 Å². The topological polar surface area (TPSA) is 43.4 Å². The SMILES string of the molecule is C=C1CC[C@@H]([C@@H](C)CCC=C(C)C)[C@@H]2C(C=O)=CC[C@H]1[C@H]2OC(C)=O. The maximum atomic E-state index is 11.7. The Morgan fingerprint density at radius 2 is 2.12 bits per heavy atom. The van der Waals surface area contributed by atoms with Crippen LogP contribution in [0.4, 0.5) is 0 Å². The van der Waals surface area contributed by atoms with Crippen molar-refractivity contribution in [2.24, 2.45) is 23.7 Å². The molecule has 3 heteroatoms. The summed E-state index contributed by atoms with van der Waals surface area (Å²) in [4.78, 5) is 23.4. The standard InChI is InChI=1S/C22H32O3/c1-14(2)7-6-8-15(3)19-11-9-16(4)20-12-10-18(13-23)21(19)22(20)25-17(5)24/h7,10,13,15,19-22H,4,6,8-9,11-12H2,1-3,5H3/t15-,19-,20+,21-,22+/m0/s1. The van der Waals surface area contributed by atoms with Gasteiger partial charge in [-0.15, -0.1) is 0 Å². The smallest absolute Gasteiger partial charge is 0.302 e. The summed E-state index contributed by atoms with van der Waals surface area (Å²) in [5.74, 6) is 0.687. The highest BCUT2D eigenvalue weighted by Gasteiger charge is 2.45. The molecule has 5 atom stereocenters. The van der Waals surface area contributed by atoms with Crippen LogP contribution in [-0.2, 0) is 14.3 Å². The Bertz CT molecular complexity index is 580. The largest absolute Gasteiger partial charge is 0.461 e. The van der Waals surface area contributed by atoms with Crippen LogP contribution < -0.4 is 0 Å². The molecule has 1 saturated carbocycles. The minimum atomic E-state index is -0.266. The van der Waals surface area contributed by atoms with Gasteiger partial charge in [-0.25, -0.2) is 0 Å². The van der Waals surface area contributed by atoms with E-state index in [0.29, 0.717) is 11.8 Å². The number of rotatable bonds is 6. The van der Waals surface area contributed by atoms with Crippen LogP contribution in [0.15, 0.2) is 35.5 Å². The van der Waals surface area contributed by atoms with Crippen molar-refractivity contribution in [2.75, 3.05) is 0 Å². The maximum Gasteiger partial charge on any atom is 0.302 e. The van der Waals surface area contributed by atoms with Crippen molar-refractivity contribution in [3.63, 3.8) is 0 Å². The first-order valence-electron chi connectivity index (χ1n) is 9.48. The summed E-state index contributed by atoms with van der Waals surface area (Å²) in [5, 5.41) is 0. The van der Waals surface area contributed by atoms with E-state index in [1.165, 1.54) is 12.5 Å². The Labute approximate surface area is 152 Å². The van der Waals surface area contributed by atoms with Crippen LogP contribution in [0.2, 0.25) is 0 Å². The van der Waals surface area contributed by atoms with E-state index in [4.69, 9.17) is 4.74 Å². The lowest BCUT2D eigenvalue weighted by atomic mass is 9.68. The number of hydrogen-bond donors (Lipinski definition) is 0. The molecule has 2 rings (SSSR count). The van der Waals surface area contributed by atoms with Crippen molar-refractivity contribution in [2.45, 2.75) is 65.9 Å². The molecule has 0 spiro atoms. The number of fused-ring (bicyclic) bond motifs is 2. The number of carbonyl (C=O) groups is 2. The molecule has 2 aliphatic rings. The second kappa shape index (κ2) is 8.64. The van der Waals surface area contributed by atoms with Gasteiger partial charge >= 0.3 is 5.97 Å². The van der Waals surface area contributed by atoms with Crippen LogP contribution in [0, 0.1) is 23.7 Å². The minimum absolute atomic E-state index is 0.00102. The first-order chi connectivity index (χ1) is 11.8. The summed E-state index contributed by atoms with van der Waals surface area (Å²) < 4.78 is 5.75. The lowest BCUT2D eigenvalue weighted by Crippen LogP contribution is -2.41. The third-order valence-corrected chi connectivity index (χ3v) is 5.87. The van der Waals surface area contributed by atoms with Gasteiger partial charge in [-0.1, -0.05) is 36.8 Å². The quantitative estimate of drug-likeness (QED) is 0.386. The molecule has 0 aromatic heterocycles. The second-order valence-electron chi connectivity index (χ2n) is 7.96. The van der Waals surface area contributed by atoms with E-state index < -0.39 is 0 Å². The second-order valence-corrected chi connectivity index (χ2v) is 7.96. The number of allylic oxidation sites excluding steroid dienone is 3. The number of hydrogen-bond acceptors (Lipinski definition) is 3. The summed E-state index contributed by atoms with van der Waals surface area (Å²) in [6.45, 7) is 12.2. The molecule has 3 nitrogen and oxygen atoms in total. The Hall–Kier alpha value is -1.64. The van der Waals surface area contributed by atoms with Crippen LogP contribution in [0.25, 0.3) is 0 Å². The van der Waals surface area contributed by atoms with Gasteiger partial charge in [0.1, 0.15) is 12.4 Å². The van der Waals surface area contributed by atoms with Crippen molar-refractivity contribution < 1.29 is 14.3 Å². The van der Waals surface area contributed by atoms with E-state index in [-0.39, 0.29) is 23.9 Å². The Morgan fingerprint density at radius 3 is 2.72 bits per heavy atom. The molecule has 0 unspecified atom stereocenters. The van der Waals surface area contributed by atoms with E-state index in [2.05, 4.69) is 39.5 Å². The first kappa shape index (κ1) is 19.7. The average Bonchev–Trinajstić information content (AvgIpc) is 2.62. The molecule has 0 N–H and O–H groups in total. The molecule has 0 aromatic rings. The van der Waals surface area contributed by atoms with Crippen LogP contribution in [-0.4, -0.2) is 18.4 Å². The predicted octanol–water partition coefficient (Wildman–Crippen LogP) is 5.03. The maximum absolute atomic E-state index is 11.7. The fourth-order valence-electron chi connectivity index (χ4n) is 4.54. The van der Waals surface area contributed by atoms with Gasteiger partial charge in [0.05, 0.1) is 0 Å². The molecule has 0 aliphatic heterocycles. The third-order valence-electron chi connectivity index (χ3n) is 5.87. The number of ether oxygens (including phenoxy) is 1. The van der Waals surface area contributed by atoms with E-state index in [9.17, 15) is 9.59 Å². The van der Waals surface area contributed by atoms with Crippen LogP contribution in [0.5, 0.6) is 0 Å². The van der Waals surface area contributed by atoms with E-state index in [0.717, 1.165) is 49.5 Å². The third kappa shape index (κ3) is 4.71. The normalized spacial score (nSPS) is 29.9. The predicted molar refractivity (Wildman–Crippen MR) is 101 cm³/mol. The molecule has 1 fully saturated rings. The minimum Gasteiger partial charge on any atom is -0.461 e. The molecule has 25 heavy (non-hydrogen) atoms. The number of carbonyl (C=O) groups excluding carboxylic acids is 2. The van der Waals surface area contributed by atoms with Gasteiger partial charge in [-0.05, 0) is 63.4 Å². The number of esters is 1.